The van der Waals surface area contributed by atoms with E-state index in [1.165, 1.54) is 0 Å². The molecule has 2 aromatic rings. The molecule has 0 aromatic heterocycles. The number of ether oxygens (including phenoxy) is 2. The van der Waals surface area contributed by atoms with E-state index in [0.29, 0.717) is 30.2 Å². The number of hydrogen-bond acceptors (Lipinski definition) is 4. The average Bonchev–Trinajstić information content (AvgIpc) is 2.94. The van der Waals surface area contributed by atoms with Crippen LogP contribution in [0, 0.1) is 0 Å². The summed E-state index contributed by atoms with van der Waals surface area (Å²) in [5.41, 5.74) is 2.50. The largest absolute Gasteiger partial charge is 0.497 e. The predicted molar refractivity (Wildman–Crippen MR) is 95.3 cm³/mol. The van der Waals surface area contributed by atoms with E-state index in [1.54, 1.807) is 42.3 Å². The number of nitrogens with one attached hydrogen (secondary N) is 1. The highest BCUT2D eigenvalue weighted by molar-refractivity contribution is 6.02. The Morgan fingerprint density at radius 3 is 2.76 bits per heavy atom. The van der Waals surface area contributed by atoms with Crippen molar-refractivity contribution in [1.82, 2.24) is 0 Å². The summed E-state index contributed by atoms with van der Waals surface area (Å²) in [7, 11) is 1.57. The van der Waals surface area contributed by atoms with Crippen LogP contribution in [0.1, 0.15) is 12.5 Å². The van der Waals surface area contributed by atoms with Gasteiger partial charge in [-0.05, 0) is 42.8 Å². The summed E-state index contributed by atoms with van der Waals surface area (Å²) in [4.78, 5) is 25.7. The minimum absolute atomic E-state index is 0.0855. The Morgan fingerprint density at radius 1 is 1.20 bits per heavy atom. The maximum absolute atomic E-state index is 12.1. The molecule has 1 aliphatic heterocycles. The lowest BCUT2D eigenvalue weighted by Crippen LogP contribution is -2.25. The first-order valence-electron chi connectivity index (χ1n) is 8.10. The van der Waals surface area contributed by atoms with Crippen LogP contribution in [0.2, 0.25) is 0 Å². The quantitative estimate of drug-likeness (QED) is 0.878. The van der Waals surface area contributed by atoms with Gasteiger partial charge in [0.05, 0.1) is 13.5 Å². The van der Waals surface area contributed by atoms with E-state index in [4.69, 9.17) is 9.47 Å². The van der Waals surface area contributed by atoms with Crippen LogP contribution in [0.5, 0.6) is 11.5 Å². The van der Waals surface area contributed by atoms with E-state index in [-0.39, 0.29) is 18.4 Å². The fourth-order valence-electron chi connectivity index (χ4n) is 2.84. The number of amides is 2. The second kappa shape index (κ2) is 7.25. The minimum atomic E-state index is -0.264. The number of benzene rings is 2. The van der Waals surface area contributed by atoms with Crippen molar-refractivity contribution in [1.29, 1.82) is 0 Å². The summed E-state index contributed by atoms with van der Waals surface area (Å²) in [6, 6.07) is 12.6. The lowest BCUT2D eigenvalue weighted by Gasteiger charge is -2.15. The second-order valence-corrected chi connectivity index (χ2v) is 5.67. The van der Waals surface area contributed by atoms with Gasteiger partial charge in [-0.2, -0.15) is 0 Å². The molecule has 1 N–H and O–H groups in total. The van der Waals surface area contributed by atoms with Crippen molar-refractivity contribution in [2.24, 2.45) is 0 Å². The Bertz CT molecular complexity index is 804. The lowest BCUT2D eigenvalue weighted by molar-refractivity contribution is -0.118. The Labute approximate surface area is 146 Å². The molecule has 6 nitrogen and oxygen atoms in total. The Kier molecular flexibility index (Phi) is 4.88. The van der Waals surface area contributed by atoms with Crippen LogP contribution in [-0.2, 0) is 16.0 Å². The van der Waals surface area contributed by atoms with Gasteiger partial charge >= 0.3 is 0 Å². The number of anilines is 2. The van der Waals surface area contributed by atoms with Crippen LogP contribution in [0.4, 0.5) is 11.4 Å². The van der Waals surface area contributed by atoms with Crippen LogP contribution in [0.3, 0.4) is 0 Å². The molecule has 0 radical (unpaired) electrons. The number of nitrogens with zero attached hydrogens (tertiary/aromatic N) is 1. The molecule has 0 aliphatic carbocycles. The number of fused-ring (bicyclic) bond motifs is 1. The van der Waals surface area contributed by atoms with Gasteiger partial charge in [-0.3, -0.25) is 9.59 Å². The first-order chi connectivity index (χ1) is 12.1. The van der Waals surface area contributed by atoms with Crippen LogP contribution < -0.4 is 19.7 Å². The molecule has 0 fully saturated rings. The van der Waals surface area contributed by atoms with Gasteiger partial charge in [0.1, 0.15) is 11.5 Å². The van der Waals surface area contributed by atoms with Crippen molar-refractivity contribution < 1.29 is 19.1 Å². The fraction of sp³-hybridized carbons (Fsp3) is 0.263. The highest BCUT2D eigenvalue weighted by atomic mass is 16.5. The predicted octanol–water partition coefficient (Wildman–Crippen LogP) is 2.62. The molecule has 2 aromatic carbocycles. The van der Waals surface area contributed by atoms with E-state index in [2.05, 4.69) is 5.32 Å². The van der Waals surface area contributed by atoms with Gasteiger partial charge in [0.25, 0.3) is 5.91 Å². The van der Waals surface area contributed by atoms with Gasteiger partial charge in [-0.15, -0.1) is 0 Å². The summed E-state index contributed by atoms with van der Waals surface area (Å²) in [6.07, 6.45) is 0.368. The number of rotatable bonds is 6. The molecular weight excluding hydrogens is 320 g/mol. The van der Waals surface area contributed by atoms with E-state index >= 15 is 0 Å². The molecule has 0 spiro atoms. The van der Waals surface area contributed by atoms with E-state index in [1.807, 2.05) is 19.1 Å². The first-order valence-corrected chi connectivity index (χ1v) is 8.10. The van der Waals surface area contributed by atoms with Crippen LogP contribution in [0.15, 0.2) is 42.5 Å². The molecule has 130 valence electrons. The zero-order valence-electron chi connectivity index (χ0n) is 14.2. The normalized spacial score (nSPS) is 12.7. The Morgan fingerprint density at radius 2 is 2.00 bits per heavy atom. The summed E-state index contributed by atoms with van der Waals surface area (Å²) in [6.45, 7) is 2.48. The average molecular weight is 340 g/mol. The topological polar surface area (TPSA) is 67.9 Å². The van der Waals surface area contributed by atoms with Gasteiger partial charge in [0.2, 0.25) is 5.91 Å². The van der Waals surface area contributed by atoms with Gasteiger partial charge in [-0.25, -0.2) is 0 Å². The molecule has 2 amide bonds. The molecule has 1 heterocycles. The third kappa shape index (κ3) is 3.74. The molecule has 0 unspecified atom stereocenters. The maximum atomic E-state index is 12.1. The molecule has 0 atom stereocenters. The molecular formula is C19H20N2O4. The van der Waals surface area contributed by atoms with Crippen LogP contribution in [-0.4, -0.2) is 32.1 Å². The summed E-state index contributed by atoms with van der Waals surface area (Å²) < 4.78 is 10.6. The van der Waals surface area contributed by atoms with Crippen molar-refractivity contribution in [3.05, 3.63) is 48.0 Å². The molecule has 0 saturated carbocycles. The van der Waals surface area contributed by atoms with E-state index in [9.17, 15) is 9.59 Å². The molecule has 0 bridgehead atoms. The number of methoxy groups -OCH3 is 1. The lowest BCUT2D eigenvalue weighted by atomic mass is 10.1. The Hall–Kier alpha value is -3.02. The molecule has 0 saturated heterocycles. The standard InChI is InChI=1S/C19H20N2O4/c1-3-21-17-8-7-14(9-13(17)10-19(21)23)20-18(22)12-25-16-6-4-5-15(11-16)24-2/h4-9,11H,3,10,12H2,1-2H3,(H,20,22). The molecule has 25 heavy (non-hydrogen) atoms. The smallest absolute Gasteiger partial charge is 0.262 e. The summed E-state index contributed by atoms with van der Waals surface area (Å²) in [5.74, 6) is 1.05. The zero-order chi connectivity index (χ0) is 17.8. The second-order valence-electron chi connectivity index (χ2n) is 5.67. The van der Waals surface area contributed by atoms with Gasteiger partial charge in [0, 0.05) is 24.0 Å². The van der Waals surface area contributed by atoms with Crippen molar-refractivity contribution in [3.63, 3.8) is 0 Å². The third-order valence-electron chi connectivity index (χ3n) is 4.02. The van der Waals surface area contributed by atoms with Crippen molar-refractivity contribution in [2.45, 2.75) is 13.3 Å². The number of carbonyl (C=O) groups excluding carboxylic acids is 2. The number of likely N-dealkylation sites (N-methyl/N-ethyl adjacent to an activating group) is 1. The zero-order valence-corrected chi connectivity index (χ0v) is 14.2. The minimum Gasteiger partial charge on any atom is -0.497 e. The molecule has 6 heteroatoms. The fourth-order valence-corrected chi connectivity index (χ4v) is 2.84. The molecule has 3 rings (SSSR count). The van der Waals surface area contributed by atoms with E-state index in [0.717, 1.165) is 11.3 Å². The number of hydrogen-bond donors (Lipinski definition) is 1. The van der Waals surface area contributed by atoms with Gasteiger partial charge in [-0.1, -0.05) is 6.07 Å². The van der Waals surface area contributed by atoms with Crippen molar-refractivity contribution in [2.75, 3.05) is 30.5 Å². The number of carbonyl (C=O) groups is 2. The molecule has 1 aliphatic rings. The first kappa shape index (κ1) is 16.8. The van der Waals surface area contributed by atoms with Crippen molar-refractivity contribution >= 4 is 23.2 Å². The monoisotopic (exact) mass is 340 g/mol. The van der Waals surface area contributed by atoms with E-state index < -0.39 is 0 Å². The highest BCUT2D eigenvalue weighted by Gasteiger charge is 2.25. The summed E-state index contributed by atoms with van der Waals surface area (Å²) >= 11 is 0. The third-order valence-corrected chi connectivity index (χ3v) is 4.02. The maximum Gasteiger partial charge on any atom is 0.262 e. The highest BCUT2D eigenvalue weighted by Crippen LogP contribution is 2.31. The van der Waals surface area contributed by atoms with Crippen LogP contribution in [0.25, 0.3) is 0 Å². The van der Waals surface area contributed by atoms with Gasteiger partial charge < -0.3 is 19.7 Å². The van der Waals surface area contributed by atoms with Gasteiger partial charge in [0.15, 0.2) is 6.61 Å². The van der Waals surface area contributed by atoms with Crippen molar-refractivity contribution in [3.8, 4) is 11.5 Å². The van der Waals surface area contributed by atoms with Crippen LogP contribution >= 0.6 is 0 Å². The summed E-state index contributed by atoms with van der Waals surface area (Å²) in [5, 5.41) is 2.79. The SMILES string of the molecule is CCN1C(=O)Cc2cc(NC(=O)COc3cccc(OC)c3)ccc21. The Balaban J connectivity index is 1.60.